The molecule has 0 aromatic rings. The van der Waals surface area contributed by atoms with Crippen LogP contribution in [-0.4, -0.2) is 138 Å². The molecule has 0 spiro atoms. The zero-order chi connectivity index (χ0) is 52.7. The molecular formula is C52H92NO16PS. The van der Waals surface area contributed by atoms with Crippen LogP contribution in [0.25, 0.3) is 0 Å². The third-order valence-corrected chi connectivity index (χ3v) is 14.6. The number of rotatable bonds is 44. The molecular weight excluding hydrogens is 958 g/mol. The smallest absolute Gasteiger partial charge is 0.472 e. The van der Waals surface area contributed by atoms with Gasteiger partial charge in [0.05, 0.1) is 12.7 Å². The lowest BCUT2D eigenvalue weighted by atomic mass is 9.85. The van der Waals surface area contributed by atoms with E-state index in [-0.39, 0.29) is 31.4 Å². The number of aliphatic hydroxyl groups is 6. The summed E-state index contributed by atoms with van der Waals surface area (Å²) in [4.78, 5) is 47.7. The molecule has 1 aliphatic carbocycles. The Labute approximate surface area is 428 Å². The van der Waals surface area contributed by atoms with E-state index in [0.717, 1.165) is 50.3 Å². The number of phosphoric ester groups is 1. The second-order valence-corrected chi connectivity index (χ2v) is 21.2. The Hall–Kier alpha value is -2.45. The quantitative estimate of drug-likeness (QED) is 0.00917. The summed E-state index contributed by atoms with van der Waals surface area (Å²) in [6.45, 7) is 2.87. The monoisotopic (exact) mass is 1050 g/mol. The van der Waals surface area contributed by atoms with Crippen molar-refractivity contribution in [2.75, 3.05) is 19.0 Å². The number of carboxylic acids is 1. The summed E-state index contributed by atoms with van der Waals surface area (Å²) in [6, 6.07) is -1.33. The first kappa shape index (κ1) is 66.6. The number of aliphatic carboxylic acids is 1. The molecule has 1 aliphatic rings. The average molecular weight is 1050 g/mol. The molecule has 0 heterocycles. The number of esters is 2. The number of carboxylic acid groups (broad SMARTS) is 1. The van der Waals surface area contributed by atoms with Gasteiger partial charge in [0.1, 0.15) is 49.3 Å². The summed E-state index contributed by atoms with van der Waals surface area (Å²) >= 11 is 1.12. The van der Waals surface area contributed by atoms with Crippen LogP contribution in [0.3, 0.4) is 0 Å². The number of aliphatic hydroxyl groups excluding tert-OH is 6. The van der Waals surface area contributed by atoms with E-state index in [0.29, 0.717) is 6.42 Å². The Morgan fingerprint density at radius 2 is 1.17 bits per heavy atom. The molecule has 412 valence electrons. The first-order chi connectivity index (χ1) is 34.0. The standard InChI is InChI=1S/C52H92NO16PS/c1-3-5-7-9-11-13-15-17-18-19-20-21-23-25-27-29-31-36-45(57)66-37-40(38-67-70(64,65)69-51-49(61)47(59)46(58)48(60)50(51)62)68-52(63)41(53)39-71-43(42(54)33-32-35-44(55)56)34-30-28-26-24-22-16-14-12-10-8-6-4-2/h12,14,22,24,26,28,30,34,40-43,46-51,54,58-62H,3-11,13,15-21,23,25,27,29,31-33,35-39,53H2,1-2H3,(H,55,56)(H,64,65)/b14-12-,24-22-,28-26+,34-30+/t40-,41+,42+,43-,46?,47-,48+,49-,50-,51?/m1/s1. The maximum absolute atomic E-state index is 13.3. The lowest BCUT2D eigenvalue weighted by Crippen LogP contribution is -2.64. The van der Waals surface area contributed by atoms with Gasteiger partial charge in [-0.15, -0.1) is 11.8 Å². The van der Waals surface area contributed by atoms with Gasteiger partial charge in [-0.1, -0.05) is 178 Å². The van der Waals surface area contributed by atoms with Gasteiger partial charge in [0.2, 0.25) is 0 Å². The molecule has 1 saturated carbocycles. The SMILES string of the molecule is CCCCC/C=C\C\C=C/C=C/C=C/[C@@H](SC[C@H](N)C(=O)O[C@H](COC(=O)CCCCCCCCCCCCCCCCCCC)COP(=O)(O)OC1[C@H](O)[C@H](O)C(O)[C@H](O)[C@H]1O)[C@@H](O)CCCC(=O)O. The Morgan fingerprint density at radius 3 is 1.73 bits per heavy atom. The van der Waals surface area contributed by atoms with Crippen molar-refractivity contribution in [3.8, 4) is 0 Å². The minimum absolute atomic E-state index is 0.0670. The van der Waals surface area contributed by atoms with Gasteiger partial charge in [0.25, 0.3) is 0 Å². The Morgan fingerprint density at radius 1 is 0.648 bits per heavy atom. The molecule has 1 fully saturated rings. The molecule has 19 heteroatoms. The van der Waals surface area contributed by atoms with Crippen molar-refractivity contribution in [2.24, 2.45) is 5.73 Å². The summed E-state index contributed by atoms with van der Waals surface area (Å²) in [5, 5.41) is 70.0. The molecule has 71 heavy (non-hydrogen) atoms. The van der Waals surface area contributed by atoms with Crippen molar-refractivity contribution >= 4 is 37.5 Å². The third-order valence-electron chi connectivity index (χ3n) is 12.2. The number of thioether (sulfide) groups is 1. The molecule has 1 rings (SSSR count). The average Bonchev–Trinajstić information content (AvgIpc) is 3.34. The molecule has 0 bridgehead atoms. The van der Waals surface area contributed by atoms with Crippen molar-refractivity contribution in [1.82, 2.24) is 0 Å². The molecule has 0 aromatic heterocycles. The van der Waals surface area contributed by atoms with Gasteiger partial charge < -0.3 is 55.8 Å². The van der Waals surface area contributed by atoms with E-state index in [2.05, 4.69) is 26.0 Å². The van der Waals surface area contributed by atoms with Crippen LogP contribution in [0.4, 0.5) is 0 Å². The largest absolute Gasteiger partial charge is 0.481 e. The van der Waals surface area contributed by atoms with Gasteiger partial charge in [0, 0.05) is 23.8 Å². The molecule has 17 nitrogen and oxygen atoms in total. The first-order valence-corrected chi connectivity index (χ1v) is 28.9. The molecule has 10 N–H and O–H groups in total. The highest BCUT2D eigenvalue weighted by atomic mass is 32.2. The highest BCUT2D eigenvalue weighted by Gasteiger charge is 2.51. The molecule has 3 unspecified atom stereocenters. The minimum Gasteiger partial charge on any atom is -0.481 e. The number of allylic oxidation sites excluding steroid dienone is 7. The number of unbranched alkanes of at least 4 members (excludes halogenated alkanes) is 19. The molecule has 0 aromatic carbocycles. The van der Waals surface area contributed by atoms with E-state index in [4.69, 9.17) is 29.4 Å². The fourth-order valence-corrected chi connectivity index (χ4v) is 9.87. The Bertz CT molecular complexity index is 1550. The Kier molecular flexibility index (Phi) is 39.2. The van der Waals surface area contributed by atoms with E-state index in [9.17, 15) is 54.5 Å². The lowest BCUT2D eigenvalue weighted by molar-refractivity contribution is -0.220. The summed E-state index contributed by atoms with van der Waals surface area (Å²) in [5.41, 5.74) is 6.22. The number of carbonyl (C=O) groups excluding carboxylic acids is 2. The van der Waals surface area contributed by atoms with E-state index in [1.807, 2.05) is 18.2 Å². The number of phosphoric acid groups is 1. The van der Waals surface area contributed by atoms with Gasteiger partial charge in [-0.3, -0.25) is 23.4 Å². The van der Waals surface area contributed by atoms with Gasteiger partial charge >= 0.3 is 25.7 Å². The van der Waals surface area contributed by atoms with E-state index in [1.54, 1.807) is 18.2 Å². The zero-order valence-electron chi connectivity index (χ0n) is 42.7. The van der Waals surface area contributed by atoms with Crippen LogP contribution in [0, 0.1) is 0 Å². The topological polar surface area (TPSA) is 293 Å². The maximum atomic E-state index is 13.3. The second kappa shape index (κ2) is 41.8. The normalized spacial score (nSPS) is 22.3. The van der Waals surface area contributed by atoms with Crippen LogP contribution >= 0.6 is 19.6 Å². The fourth-order valence-electron chi connectivity index (χ4n) is 7.77. The van der Waals surface area contributed by atoms with E-state index >= 15 is 0 Å². The van der Waals surface area contributed by atoms with Crippen molar-refractivity contribution in [3.63, 3.8) is 0 Å². The summed E-state index contributed by atoms with van der Waals surface area (Å²) < 4.78 is 33.8. The van der Waals surface area contributed by atoms with Gasteiger partial charge in [-0.2, -0.15) is 0 Å². The minimum atomic E-state index is -5.28. The van der Waals surface area contributed by atoms with Gasteiger partial charge in [-0.05, 0) is 38.5 Å². The van der Waals surface area contributed by atoms with Gasteiger partial charge in [-0.25, -0.2) is 4.57 Å². The van der Waals surface area contributed by atoms with Crippen molar-refractivity contribution in [3.05, 3.63) is 48.6 Å². The predicted octanol–water partition coefficient (Wildman–Crippen LogP) is 8.04. The third kappa shape index (κ3) is 33.2. The van der Waals surface area contributed by atoms with Crippen LogP contribution in [-0.2, 0) is 37.5 Å². The van der Waals surface area contributed by atoms with Crippen LogP contribution in [0.2, 0.25) is 0 Å². The Balaban J connectivity index is 2.83. The van der Waals surface area contributed by atoms with Crippen LogP contribution < -0.4 is 5.73 Å². The highest BCUT2D eigenvalue weighted by molar-refractivity contribution is 8.00. The summed E-state index contributed by atoms with van der Waals surface area (Å²) in [6.07, 6.45) is 26.1. The lowest BCUT2D eigenvalue weighted by Gasteiger charge is -2.41. The molecule has 0 saturated heterocycles. The highest BCUT2D eigenvalue weighted by Crippen LogP contribution is 2.47. The van der Waals surface area contributed by atoms with Crippen molar-refractivity contribution in [1.29, 1.82) is 0 Å². The summed E-state index contributed by atoms with van der Waals surface area (Å²) in [7, 11) is -5.28. The molecule has 0 amide bonds. The number of ether oxygens (including phenoxy) is 2. The van der Waals surface area contributed by atoms with Crippen molar-refractivity contribution < 1.29 is 78.1 Å². The number of hydrogen-bond donors (Lipinski definition) is 9. The fraction of sp³-hybridized carbons (Fsp3) is 0.788. The number of hydrogen-bond acceptors (Lipinski definition) is 16. The zero-order valence-corrected chi connectivity index (χ0v) is 44.4. The van der Waals surface area contributed by atoms with E-state index < -0.39 is 99.1 Å². The molecule has 0 aliphatic heterocycles. The van der Waals surface area contributed by atoms with Gasteiger partial charge in [0.15, 0.2) is 6.10 Å². The van der Waals surface area contributed by atoms with E-state index in [1.165, 1.54) is 96.3 Å². The number of carbonyl (C=O) groups is 3. The first-order valence-electron chi connectivity index (χ1n) is 26.4. The summed E-state index contributed by atoms with van der Waals surface area (Å²) in [5.74, 6) is -2.73. The predicted molar refractivity (Wildman–Crippen MR) is 277 cm³/mol. The van der Waals surface area contributed by atoms with Crippen LogP contribution in [0.5, 0.6) is 0 Å². The van der Waals surface area contributed by atoms with Crippen LogP contribution in [0.1, 0.15) is 181 Å². The number of nitrogens with two attached hydrogens (primary N) is 1. The maximum Gasteiger partial charge on any atom is 0.472 e. The van der Waals surface area contributed by atoms with Crippen molar-refractivity contribution in [2.45, 2.75) is 241 Å². The molecule has 11 atom stereocenters. The molecule has 0 radical (unpaired) electrons. The second-order valence-electron chi connectivity index (χ2n) is 18.6. The van der Waals surface area contributed by atoms with Crippen LogP contribution in [0.15, 0.2) is 48.6 Å².